The predicted molar refractivity (Wildman–Crippen MR) is 180 cm³/mol. The molecule has 4 aromatic carbocycles. The maximum absolute atomic E-state index is 13.4. The zero-order chi connectivity index (χ0) is 32.3. The summed E-state index contributed by atoms with van der Waals surface area (Å²) in [5, 5.41) is 15.0. The number of para-hydroxylation sites is 1. The van der Waals surface area contributed by atoms with Crippen LogP contribution in [0.15, 0.2) is 108 Å². The van der Waals surface area contributed by atoms with Crippen molar-refractivity contribution in [2.45, 2.75) is 52.6 Å². The summed E-state index contributed by atoms with van der Waals surface area (Å²) in [5.41, 5.74) is 6.05. The average Bonchev–Trinajstić information content (AvgIpc) is 3.55. The largest absolute Gasteiger partial charge is 0.449 e. The van der Waals surface area contributed by atoms with Crippen molar-refractivity contribution in [3.63, 3.8) is 0 Å². The first-order valence-corrected chi connectivity index (χ1v) is 15.8. The molecule has 0 fully saturated rings. The monoisotopic (exact) mass is 616 g/mol. The van der Waals surface area contributed by atoms with Gasteiger partial charge in [0.05, 0.1) is 6.61 Å². The third-order valence-corrected chi connectivity index (χ3v) is 7.42. The van der Waals surface area contributed by atoms with Crippen molar-refractivity contribution in [1.29, 1.82) is 0 Å². The van der Waals surface area contributed by atoms with Gasteiger partial charge in [0.15, 0.2) is 5.78 Å². The summed E-state index contributed by atoms with van der Waals surface area (Å²) >= 11 is 0. The van der Waals surface area contributed by atoms with Gasteiger partial charge in [0.2, 0.25) is 11.8 Å². The van der Waals surface area contributed by atoms with E-state index in [-0.39, 0.29) is 17.7 Å². The van der Waals surface area contributed by atoms with Crippen LogP contribution >= 0.6 is 0 Å². The van der Waals surface area contributed by atoms with Crippen LogP contribution in [-0.4, -0.2) is 28.7 Å². The summed E-state index contributed by atoms with van der Waals surface area (Å²) in [4.78, 5) is 25.4. The van der Waals surface area contributed by atoms with Gasteiger partial charge in [0.1, 0.15) is 6.04 Å². The number of rotatable bonds is 14. The van der Waals surface area contributed by atoms with Crippen molar-refractivity contribution in [3.05, 3.63) is 137 Å². The SMILES string of the molecule is CCCc1nnc([C@H](Cc2ccc(-c3cccc(CNC(=O)OCC(C)C)c3)cc2)Nc2ccccc2C(=O)c2ccccc2)o1. The number of nitrogens with one attached hydrogen (secondary N) is 2. The molecule has 1 aromatic heterocycles. The zero-order valence-electron chi connectivity index (χ0n) is 26.5. The van der Waals surface area contributed by atoms with E-state index in [0.29, 0.717) is 54.6 Å². The molecule has 5 aromatic rings. The maximum Gasteiger partial charge on any atom is 0.407 e. The van der Waals surface area contributed by atoms with E-state index >= 15 is 0 Å². The minimum atomic E-state index is -0.415. The second-order valence-corrected chi connectivity index (χ2v) is 11.7. The Kier molecular flexibility index (Phi) is 10.9. The van der Waals surface area contributed by atoms with Crippen molar-refractivity contribution in [1.82, 2.24) is 15.5 Å². The second-order valence-electron chi connectivity index (χ2n) is 11.7. The molecule has 0 unspecified atom stereocenters. The number of aromatic nitrogens is 2. The number of hydrogen-bond donors (Lipinski definition) is 2. The van der Waals surface area contributed by atoms with E-state index in [2.05, 4.69) is 58.1 Å². The highest BCUT2D eigenvalue weighted by molar-refractivity contribution is 6.12. The van der Waals surface area contributed by atoms with Crippen molar-refractivity contribution in [2.75, 3.05) is 11.9 Å². The van der Waals surface area contributed by atoms with Crippen LogP contribution in [0.5, 0.6) is 0 Å². The molecule has 0 bridgehead atoms. The van der Waals surface area contributed by atoms with Gasteiger partial charge in [-0.3, -0.25) is 4.79 Å². The van der Waals surface area contributed by atoms with Crippen molar-refractivity contribution >= 4 is 17.6 Å². The van der Waals surface area contributed by atoms with Gasteiger partial charge in [-0.1, -0.05) is 106 Å². The number of nitrogens with zero attached hydrogens (tertiary/aromatic N) is 2. The number of hydrogen-bond acceptors (Lipinski definition) is 7. The number of anilines is 1. The minimum Gasteiger partial charge on any atom is -0.449 e. The molecule has 0 spiro atoms. The number of amides is 1. The van der Waals surface area contributed by atoms with E-state index in [1.165, 1.54) is 0 Å². The number of benzene rings is 4. The fourth-order valence-electron chi connectivity index (χ4n) is 5.06. The van der Waals surface area contributed by atoms with Crippen LogP contribution in [0.25, 0.3) is 11.1 Å². The van der Waals surface area contributed by atoms with Crippen molar-refractivity contribution < 1.29 is 18.7 Å². The Morgan fingerprint density at radius 1 is 0.826 bits per heavy atom. The highest BCUT2D eigenvalue weighted by Gasteiger charge is 2.22. The Balaban J connectivity index is 1.33. The van der Waals surface area contributed by atoms with Gasteiger partial charge >= 0.3 is 6.09 Å². The molecule has 0 radical (unpaired) electrons. The van der Waals surface area contributed by atoms with Crippen molar-refractivity contribution in [2.24, 2.45) is 5.92 Å². The topological polar surface area (TPSA) is 106 Å². The fourth-order valence-corrected chi connectivity index (χ4v) is 5.06. The van der Waals surface area contributed by atoms with Crippen LogP contribution in [-0.2, 0) is 24.1 Å². The lowest BCUT2D eigenvalue weighted by molar-refractivity contribution is 0.103. The quantitative estimate of drug-likeness (QED) is 0.121. The predicted octanol–water partition coefficient (Wildman–Crippen LogP) is 8.20. The first kappa shape index (κ1) is 32.2. The summed E-state index contributed by atoms with van der Waals surface area (Å²) < 4.78 is 11.3. The van der Waals surface area contributed by atoms with Gasteiger partial charge in [0.25, 0.3) is 0 Å². The zero-order valence-corrected chi connectivity index (χ0v) is 26.5. The summed E-state index contributed by atoms with van der Waals surface area (Å²) in [6, 6.07) is 32.8. The second kappa shape index (κ2) is 15.7. The molecular weight excluding hydrogens is 576 g/mol. The Hall–Kier alpha value is -5.24. The van der Waals surface area contributed by atoms with E-state index in [9.17, 15) is 9.59 Å². The Morgan fingerprint density at radius 2 is 1.59 bits per heavy atom. The smallest absolute Gasteiger partial charge is 0.407 e. The lowest BCUT2D eigenvalue weighted by Crippen LogP contribution is -2.25. The van der Waals surface area contributed by atoms with E-state index in [0.717, 1.165) is 28.7 Å². The summed E-state index contributed by atoms with van der Waals surface area (Å²) in [7, 11) is 0. The van der Waals surface area contributed by atoms with Gasteiger partial charge in [-0.05, 0) is 52.8 Å². The average molecular weight is 617 g/mol. The first-order chi connectivity index (χ1) is 22.4. The van der Waals surface area contributed by atoms with Crippen LogP contribution in [0.4, 0.5) is 10.5 Å². The van der Waals surface area contributed by atoms with Crippen LogP contribution in [0.2, 0.25) is 0 Å². The van der Waals surface area contributed by atoms with Crippen LogP contribution in [0.1, 0.15) is 72.1 Å². The molecule has 0 aliphatic heterocycles. The molecule has 0 saturated carbocycles. The molecule has 1 heterocycles. The molecular formula is C38H40N4O4. The van der Waals surface area contributed by atoms with Crippen LogP contribution in [0, 0.1) is 5.92 Å². The standard InChI is InChI=1S/C38H40N4O4/c1-4-11-35-41-42-37(46-35)34(40-33-17-9-8-16-32(33)36(43)30-13-6-5-7-14-30)23-27-18-20-29(21-19-27)31-15-10-12-28(22-31)24-39-38(44)45-25-26(2)3/h5-10,12-22,26,34,40H,4,11,23-25H2,1-3H3,(H,39,44)/t34-/m0/s1. The molecule has 8 heteroatoms. The Bertz CT molecular complexity index is 1730. The van der Waals surface area contributed by atoms with Gasteiger partial charge in [-0.25, -0.2) is 4.79 Å². The fraction of sp³-hybridized carbons (Fsp3) is 0.263. The van der Waals surface area contributed by atoms with Crippen LogP contribution < -0.4 is 10.6 Å². The first-order valence-electron chi connectivity index (χ1n) is 15.8. The number of aryl methyl sites for hydroxylation is 1. The summed E-state index contributed by atoms with van der Waals surface area (Å²) in [6.07, 6.45) is 1.74. The summed E-state index contributed by atoms with van der Waals surface area (Å²) in [5.74, 6) is 1.29. The molecule has 46 heavy (non-hydrogen) atoms. The van der Waals surface area contributed by atoms with Gasteiger partial charge < -0.3 is 19.8 Å². The Morgan fingerprint density at radius 3 is 2.35 bits per heavy atom. The van der Waals surface area contributed by atoms with Gasteiger partial charge in [-0.15, -0.1) is 10.2 Å². The molecule has 236 valence electrons. The molecule has 0 aliphatic rings. The number of ketones is 1. The summed E-state index contributed by atoms with van der Waals surface area (Å²) in [6.45, 7) is 6.84. The number of alkyl carbamates (subject to hydrolysis) is 1. The van der Waals surface area contributed by atoms with Crippen LogP contribution in [0.3, 0.4) is 0 Å². The van der Waals surface area contributed by atoms with Crippen molar-refractivity contribution in [3.8, 4) is 11.1 Å². The van der Waals surface area contributed by atoms with E-state index in [1.807, 2.05) is 86.6 Å². The number of ether oxygens (including phenoxy) is 1. The highest BCUT2D eigenvalue weighted by atomic mass is 16.5. The normalized spacial score (nSPS) is 11.7. The van der Waals surface area contributed by atoms with Gasteiger partial charge in [0, 0.05) is 36.2 Å². The molecule has 0 aliphatic carbocycles. The third kappa shape index (κ3) is 8.69. The molecule has 0 saturated heterocycles. The highest BCUT2D eigenvalue weighted by Crippen LogP contribution is 2.28. The molecule has 2 N–H and O–H groups in total. The lowest BCUT2D eigenvalue weighted by atomic mass is 9.98. The Labute approximate surface area is 270 Å². The third-order valence-electron chi connectivity index (χ3n) is 7.42. The minimum absolute atomic E-state index is 0.0612. The van der Waals surface area contributed by atoms with E-state index in [1.54, 1.807) is 0 Å². The maximum atomic E-state index is 13.4. The molecule has 1 amide bonds. The van der Waals surface area contributed by atoms with E-state index < -0.39 is 6.09 Å². The lowest BCUT2D eigenvalue weighted by Gasteiger charge is -2.19. The molecule has 8 nitrogen and oxygen atoms in total. The van der Waals surface area contributed by atoms with Gasteiger partial charge in [-0.2, -0.15) is 0 Å². The van der Waals surface area contributed by atoms with E-state index in [4.69, 9.17) is 9.15 Å². The molecule has 5 rings (SSSR count). The number of carbonyl (C=O) groups is 2. The number of carbonyl (C=O) groups excluding carboxylic acids is 2. The molecule has 1 atom stereocenters.